The monoisotopic (exact) mass is 342 g/mol. The molecule has 4 aromatic rings. The highest BCUT2D eigenvalue weighted by Crippen LogP contribution is 2.32. The van der Waals surface area contributed by atoms with Crippen molar-refractivity contribution in [3.05, 3.63) is 89.9 Å². The molecule has 0 N–H and O–H groups in total. The van der Waals surface area contributed by atoms with Crippen LogP contribution in [0.5, 0.6) is 0 Å². The first-order valence-corrected chi connectivity index (χ1v) is 8.80. The predicted octanol–water partition coefficient (Wildman–Crippen LogP) is 5.75. The van der Waals surface area contributed by atoms with E-state index >= 15 is 0 Å². The van der Waals surface area contributed by atoms with Crippen LogP contribution in [0.4, 0.5) is 4.39 Å². The van der Waals surface area contributed by atoms with Gasteiger partial charge in [-0.15, -0.1) is 0 Å². The summed E-state index contributed by atoms with van der Waals surface area (Å²) in [4.78, 5) is 0. The van der Waals surface area contributed by atoms with Crippen molar-refractivity contribution in [3.63, 3.8) is 0 Å². The molecule has 0 bridgehead atoms. The fraction of sp³-hybridized carbons (Fsp3) is 0.125. The summed E-state index contributed by atoms with van der Waals surface area (Å²) in [7, 11) is 2.07. The Balaban J connectivity index is 2.03. The molecule has 0 spiro atoms. The van der Waals surface area contributed by atoms with Crippen molar-refractivity contribution < 1.29 is 8.96 Å². The maximum absolute atomic E-state index is 13.8. The molecule has 26 heavy (non-hydrogen) atoms. The minimum atomic E-state index is -0.202. The third-order valence-electron chi connectivity index (χ3n) is 5.10. The van der Waals surface area contributed by atoms with Gasteiger partial charge >= 0.3 is 0 Å². The zero-order chi connectivity index (χ0) is 18.3. The van der Waals surface area contributed by atoms with Crippen molar-refractivity contribution in [1.82, 2.24) is 0 Å². The number of aryl methyl sites for hydroxylation is 2. The molecule has 2 heteroatoms. The molecule has 4 rings (SSSR count). The highest BCUT2D eigenvalue weighted by Gasteiger charge is 2.20. The number of hydrogen-bond acceptors (Lipinski definition) is 0. The largest absolute Gasteiger partial charge is 0.220 e. The van der Waals surface area contributed by atoms with Crippen LogP contribution < -0.4 is 4.57 Å². The lowest BCUT2D eigenvalue weighted by atomic mass is 9.94. The Morgan fingerprint density at radius 3 is 2.31 bits per heavy atom. The molecule has 3 aromatic carbocycles. The summed E-state index contributed by atoms with van der Waals surface area (Å²) in [6.45, 7) is 4.19. The van der Waals surface area contributed by atoms with Gasteiger partial charge in [-0.05, 0) is 53.3 Å². The molecule has 0 aliphatic rings. The molecule has 0 aliphatic heterocycles. The second-order valence-corrected chi connectivity index (χ2v) is 6.82. The maximum atomic E-state index is 13.8. The number of benzene rings is 3. The molecular formula is C24H21FN+. The Labute approximate surface area is 153 Å². The number of pyridine rings is 1. The highest BCUT2D eigenvalue weighted by molar-refractivity contribution is 5.94. The van der Waals surface area contributed by atoms with Crippen LogP contribution in [0.15, 0.2) is 72.8 Å². The van der Waals surface area contributed by atoms with Gasteiger partial charge in [-0.3, -0.25) is 0 Å². The van der Waals surface area contributed by atoms with Gasteiger partial charge in [0, 0.05) is 13.0 Å². The van der Waals surface area contributed by atoms with E-state index in [1.54, 1.807) is 6.07 Å². The van der Waals surface area contributed by atoms with Crippen molar-refractivity contribution in [2.45, 2.75) is 13.8 Å². The van der Waals surface area contributed by atoms with Crippen LogP contribution in [0.25, 0.3) is 33.2 Å². The highest BCUT2D eigenvalue weighted by atomic mass is 19.1. The molecule has 1 aromatic heterocycles. The average Bonchev–Trinajstić information content (AvgIpc) is 2.64. The molecule has 0 saturated carbocycles. The van der Waals surface area contributed by atoms with E-state index in [4.69, 9.17) is 0 Å². The van der Waals surface area contributed by atoms with E-state index in [0.717, 1.165) is 22.2 Å². The zero-order valence-electron chi connectivity index (χ0n) is 15.3. The normalized spacial score (nSPS) is 11.1. The average molecular weight is 342 g/mol. The predicted molar refractivity (Wildman–Crippen MR) is 105 cm³/mol. The first-order valence-electron chi connectivity index (χ1n) is 8.80. The van der Waals surface area contributed by atoms with Gasteiger partial charge in [0.2, 0.25) is 5.69 Å². The lowest BCUT2D eigenvalue weighted by Crippen LogP contribution is -2.35. The number of nitrogens with zero attached hydrogens (tertiary/aromatic N) is 1. The van der Waals surface area contributed by atoms with Crippen LogP contribution in [0.2, 0.25) is 0 Å². The van der Waals surface area contributed by atoms with E-state index in [1.165, 1.54) is 28.3 Å². The van der Waals surface area contributed by atoms with Gasteiger partial charge in [0.15, 0.2) is 5.69 Å². The van der Waals surface area contributed by atoms with Gasteiger partial charge < -0.3 is 0 Å². The maximum Gasteiger partial charge on any atom is 0.220 e. The van der Waals surface area contributed by atoms with E-state index in [0.29, 0.717) is 0 Å². The van der Waals surface area contributed by atoms with Gasteiger partial charge in [0.25, 0.3) is 0 Å². The molecule has 0 atom stereocenters. The Kier molecular flexibility index (Phi) is 4.04. The van der Waals surface area contributed by atoms with Crippen LogP contribution in [0, 0.1) is 19.7 Å². The first-order chi connectivity index (χ1) is 12.5. The molecule has 1 nitrogen and oxygen atoms in total. The Morgan fingerprint density at radius 1 is 0.769 bits per heavy atom. The molecule has 128 valence electrons. The number of hydrogen-bond donors (Lipinski definition) is 0. The summed E-state index contributed by atoms with van der Waals surface area (Å²) in [6.07, 6.45) is 0. The van der Waals surface area contributed by atoms with E-state index in [1.807, 2.05) is 18.2 Å². The number of halogens is 1. The third kappa shape index (κ3) is 2.78. The number of fused-ring (bicyclic) bond motifs is 1. The number of aromatic nitrogens is 1. The van der Waals surface area contributed by atoms with Crippen LogP contribution >= 0.6 is 0 Å². The first kappa shape index (κ1) is 16.5. The smallest absolute Gasteiger partial charge is 0.207 e. The van der Waals surface area contributed by atoms with Gasteiger partial charge in [-0.1, -0.05) is 42.5 Å². The van der Waals surface area contributed by atoms with Gasteiger partial charge in [-0.2, -0.15) is 4.57 Å². The zero-order valence-corrected chi connectivity index (χ0v) is 15.3. The van der Waals surface area contributed by atoms with Crippen LogP contribution in [-0.4, -0.2) is 0 Å². The summed E-state index contributed by atoms with van der Waals surface area (Å²) in [5.41, 5.74) is 6.98. The van der Waals surface area contributed by atoms with Crippen molar-refractivity contribution in [2.24, 2.45) is 7.05 Å². The van der Waals surface area contributed by atoms with Crippen molar-refractivity contribution in [2.75, 3.05) is 0 Å². The standard InChI is InChI=1S/C24H21FN/c1-16-9-10-19(18-7-5-4-6-8-18)15-23(16)24-22-12-11-21(25)14-20(22)13-17(2)26(24)3/h4-15H,1-3H3/q+1. The summed E-state index contributed by atoms with van der Waals surface area (Å²) in [5, 5.41) is 1.99. The molecule has 0 radical (unpaired) electrons. The SMILES string of the molecule is Cc1ccc(-c2ccccc2)cc1-c1c2ccc(F)cc2cc(C)[n+]1C. The van der Waals surface area contributed by atoms with Crippen molar-refractivity contribution in [1.29, 1.82) is 0 Å². The molecule has 1 heterocycles. The van der Waals surface area contributed by atoms with E-state index in [-0.39, 0.29) is 5.82 Å². The molecule has 0 aliphatic carbocycles. The third-order valence-corrected chi connectivity index (χ3v) is 5.10. The Morgan fingerprint density at radius 2 is 1.54 bits per heavy atom. The van der Waals surface area contributed by atoms with E-state index in [9.17, 15) is 4.39 Å². The van der Waals surface area contributed by atoms with Crippen LogP contribution in [-0.2, 0) is 7.05 Å². The fourth-order valence-corrected chi connectivity index (χ4v) is 3.56. The van der Waals surface area contributed by atoms with Gasteiger partial charge in [0.05, 0.1) is 10.9 Å². The van der Waals surface area contributed by atoms with Crippen molar-refractivity contribution in [3.8, 4) is 22.4 Å². The Hall–Kier alpha value is -3.00. The van der Waals surface area contributed by atoms with Crippen LogP contribution in [0.1, 0.15) is 11.3 Å². The summed E-state index contributed by atoms with van der Waals surface area (Å²) in [5.74, 6) is -0.202. The lowest BCUT2D eigenvalue weighted by Gasteiger charge is -2.12. The molecular weight excluding hydrogens is 321 g/mol. The lowest BCUT2D eigenvalue weighted by molar-refractivity contribution is -0.665. The molecule has 0 amide bonds. The van der Waals surface area contributed by atoms with Gasteiger partial charge in [-0.25, -0.2) is 4.39 Å². The Bertz CT molecular complexity index is 1110. The topological polar surface area (TPSA) is 3.88 Å². The molecule has 0 unspecified atom stereocenters. The fourth-order valence-electron chi connectivity index (χ4n) is 3.56. The quantitative estimate of drug-likeness (QED) is 0.408. The summed E-state index contributed by atoms with van der Waals surface area (Å²) >= 11 is 0. The summed E-state index contributed by atoms with van der Waals surface area (Å²) in [6, 6.07) is 24.0. The minimum Gasteiger partial charge on any atom is -0.207 e. The summed E-state index contributed by atoms with van der Waals surface area (Å²) < 4.78 is 16.0. The van der Waals surface area contributed by atoms with Crippen LogP contribution in [0.3, 0.4) is 0 Å². The number of rotatable bonds is 2. The molecule has 0 saturated heterocycles. The minimum absolute atomic E-state index is 0.202. The van der Waals surface area contributed by atoms with E-state index in [2.05, 4.69) is 67.9 Å². The molecule has 0 fully saturated rings. The van der Waals surface area contributed by atoms with Crippen molar-refractivity contribution >= 4 is 10.8 Å². The van der Waals surface area contributed by atoms with Gasteiger partial charge in [0.1, 0.15) is 12.9 Å². The second kappa shape index (κ2) is 6.38. The van der Waals surface area contributed by atoms with E-state index < -0.39 is 0 Å². The second-order valence-electron chi connectivity index (χ2n) is 6.82.